The van der Waals surface area contributed by atoms with Crippen molar-refractivity contribution in [2.45, 2.75) is 25.9 Å². The first-order valence-electron chi connectivity index (χ1n) is 11.2. The second kappa shape index (κ2) is 9.29. The van der Waals surface area contributed by atoms with E-state index in [1.807, 2.05) is 78.9 Å². The van der Waals surface area contributed by atoms with Gasteiger partial charge in [0.2, 0.25) is 0 Å². The first-order chi connectivity index (χ1) is 16.2. The Balaban J connectivity index is 1.56. The van der Waals surface area contributed by atoms with Gasteiger partial charge in [0.05, 0.1) is 23.9 Å². The van der Waals surface area contributed by atoms with Gasteiger partial charge >= 0.3 is 5.97 Å². The molecule has 0 unspecified atom stereocenters. The molecule has 4 nitrogen and oxygen atoms in total. The number of hydrogen-bond acceptors (Lipinski definition) is 4. The summed E-state index contributed by atoms with van der Waals surface area (Å²) in [4.78, 5) is 18.3. The Morgan fingerprint density at radius 3 is 2.48 bits per heavy atom. The van der Waals surface area contributed by atoms with Gasteiger partial charge in [-0.05, 0) is 65.8 Å². The van der Waals surface area contributed by atoms with Crippen molar-refractivity contribution in [1.29, 1.82) is 0 Å². The number of para-hydroxylation sites is 1. The lowest BCUT2D eigenvalue weighted by atomic mass is 9.86. The van der Waals surface area contributed by atoms with Gasteiger partial charge in [0.15, 0.2) is 0 Å². The summed E-state index contributed by atoms with van der Waals surface area (Å²) >= 11 is 0. The average Bonchev–Trinajstić information content (AvgIpc) is 2.87. The van der Waals surface area contributed by atoms with Crippen molar-refractivity contribution >= 4 is 28.5 Å². The van der Waals surface area contributed by atoms with E-state index in [4.69, 9.17) is 14.5 Å². The molecule has 0 amide bonds. The number of ether oxygens (including phenoxy) is 2. The Morgan fingerprint density at radius 2 is 1.70 bits per heavy atom. The predicted molar refractivity (Wildman–Crippen MR) is 131 cm³/mol. The monoisotopic (exact) mass is 435 g/mol. The lowest BCUT2D eigenvalue weighted by Gasteiger charge is -2.22. The Kier molecular flexibility index (Phi) is 5.90. The number of benzene rings is 3. The zero-order chi connectivity index (χ0) is 22.6. The fourth-order valence-corrected chi connectivity index (χ4v) is 4.40. The van der Waals surface area contributed by atoms with Crippen molar-refractivity contribution < 1.29 is 14.3 Å². The van der Waals surface area contributed by atoms with Crippen molar-refractivity contribution in [3.8, 4) is 5.75 Å². The molecule has 4 aromatic rings. The van der Waals surface area contributed by atoms with Gasteiger partial charge in [0, 0.05) is 5.39 Å². The molecule has 4 heteroatoms. The first kappa shape index (κ1) is 21.0. The van der Waals surface area contributed by atoms with E-state index in [1.54, 1.807) is 7.11 Å². The third kappa shape index (κ3) is 4.37. The van der Waals surface area contributed by atoms with Crippen molar-refractivity contribution in [3.63, 3.8) is 0 Å². The summed E-state index contributed by atoms with van der Waals surface area (Å²) in [5.74, 6) is 0.535. The largest absolute Gasteiger partial charge is 0.497 e. The van der Waals surface area contributed by atoms with E-state index in [0.717, 1.165) is 63.9 Å². The SMILES string of the molecule is COc1ccc(C=C2CCCc3c2nc2ccccc2c3C(=O)OCc2ccccc2)cc1. The summed E-state index contributed by atoms with van der Waals surface area (Å²) in [6.07, 6.45) is 4.86. The molecule has 0 aliphatic heterocycles. The van der Waals surface area contributed by atoms with Crippen molar-refractivity contribution in [2.24, 2.45) is 0 Å². The van der Waals surface area contributed by atoms with Crippen LogP contribution in [0.25, 0.3) is 22.6 Å². The average molecular weight is 436 g/mol. The number of fused-ring (bicyclic) bond motifs is 2. The highest BCUT2D eigenvalue weighted by Gasteiger charge is 2.26. The van der Waals surface area contributed by atoms with Crippen molar-refractivity contribution in [2.75, 3.05) is 7.11 Å². The van der Waals surface area contributed by atoms with Crippen molar-refractivity contribution in [3.05, 3.63) is 107 Å². The van der Waals surface area contributed by atoms with Gasteiger partial charge in [0.25, 0.3) is 0 Å². The number of allylic oxidation sites excluding steroid dienone is 1. The Hall–Kier alpha value is -3.92. The normalized spacial score (nSPS) is 14.2. The number of nitrogens with zero attached hydrogens (tertiary/aromatic N) is 1. The van der Waals surface area contributed by atoms with Gasteiger partial charge in [-0.2, -0.15) is 0 Å². The van der Waals surface area contributed by atoms with Gasteiger partial charge < -0.3 is 9.47 Å². The highest BCUT2D eigenvalue weighted by Crippen LogP contribution is 2.36. The second-order valence-corrected chi connectivity index (χ2v) is 8.19. The highest BCUT2D eigenvalue weighted by molar-refractivity contribution is 6.06. The summed E-state index contributed by atoms with van der Waals surface area (Å²) in [6, 6.07) is 25.6. The Labute approximate surface area is 193 Å². The molecule has 1 heterocycles. The fourth-order valence-electron chi connectivity index (χ4n) is 4.40. The zero-order valence-electron chi connectivity index (χ0n) is 18.6. The minimum Gasteiger partial charge on any atom is -0.497 e. The van der Waals surface area contributed by atoms with Crippen LogP contribution < -0.4 is 4.74 Å². The zero-order valence-corrected chi connectivity index (χ0v) is 18.6. The van der Waals surface area contributed by atoms with Crippen LogP contribution in [0.1, 0.15) is 45.6 Å². The molecule has 1 aliphatic rings. The van der Waals surface area contributed by atoms with Crippen LogP contribution in [-0.2, 0) is 17.8 Å². The van der Waals surface area contributed by atoms with Crippen molar-refractivity contribution in [1.82, 2.24) is 4.98 Å². The number of methoxy groups -OCH3 is 1. The van der Waals surface area contributed by atoms with E-state index in [0.29, 0.717) is 5.56 Å². The van der Waals surface area contributed by atoms with Gasteiger partial charge in [-0.1, -0.05) is 60.7 Å². The number of pyridine rings is 1. The number of carbonyl (C=O) groups excluding carboxylic acids is 1. The molecule has 1 aliphatic carbocycles. The standard InChI is InChI=1S/C29H25NO3/c1-32-23-16-14-20(15-17-23)18-22-10-7-12-25-27(24-11-5-6-13-26(24)30-28(22)25)29(31)33-19-21-8-3-2-4-9-21/h2-6,8-9,11,13-18H,7,10,12,19H2,1H3. The molecular weight excluding hydrogens is 410 g/mol. The van der Waals surface area contributed by atoms with Crippen LogP contribution in [0.5, 0.6) is 5.75 Å². The fraction of sp³-hybridized carbons (Fsp3) is 0.172. The lowest BCUT2D eigenvalue weighted by Crippen LogP contribution is -2.15. The van der Waals surface area contributed by atoms with Crippen LogP contribution in [-0.4, -0.2) is 18.1 Å². The van der Waals surface area contributed by atoms with Crippen LogP contribution in [0.2, 0.25) is 0 Å². The van der Waals surface area contributed by atoms with Crippen LogP contribution >= 0.6 is 0 Å². The topological polar surface area (TPSA) is 48.4 Å². The molecule has 0 atom stereocenters. The summed E-state index contributed by atoms with van der Waals surface area (Å²) < 4.78 is 11.0. The van der Waals surface area contributed by atoms with E-state index in [-0.39, 0.29) is 12.6 Å². The molecule has 0 saturated carbocycles. The summed E-state index contributed by atoms with van der Waals surface area (Å²) in [7, 11) is 1.66. The van der Waals surface area contributed by atoms with Crippen LogP contribution in [0, 0.1) is 0 Å². The number of aromatic nitrogens is 1. The van der Waals surface area contributed by atoms with Crippen LogP contribution in [0.4, 0.5) is 0 Å². The number of esters is 1. The molecule has 0 N–H and O–H groups in total. The molecule has 1 aromatic heterocycles. The molecule has 0 radical (unpaired) electrons. The quantitative estimate of drug-likeness (QED) is 0.337. The van der Waals surface area contributed by atoms with E-state index in [9.17, 15) is 4.79 Å². The number of carbonyl (C=O) groups is 1. The molecule has 0 bridgehead atoms. The number of hydrogen-bond donors (Lipinski definition) is 0. The maximum atomic E-state index is 13.4. The van der Waals surface area contributed by atoms with E-state index >= 15 is 0 Å². The van der Waals surface area contributed by atoms with Crippen LogP contribution in [0.3, 0.4) is 0 Å². The molecule has 5 rings (SSSR count). The Morgan fingerprint density at radius 1 is 0.939 bits per heavy atom. The number of rotatable bonds is 5. The maximum Gasteiger partial charge on any atom is 0.339 e. The van der Waals surface area contributed by atoms with Gasteiger partial charge in [-0.25, -0.2) is 9.78 Å². The molecule has 0 fully saturated rings. The van der Waals surface area contributed by atoms with Crippen LogP contribution in [0.15, 0.2) is 78.9 Å². The minimum absolute atomic E-state index is 0.250. The Bertz CT molecular complexity index is 1320. The summed E-state index contributed by atoms with van der Waals surface area (Å²) in [5, 5.41) is 0.847. The second-order valence-electron chi connectivity index (χ2n) is 8.19. The molecular formula is C29H25NO3. The van der Waals surface area contributed by atoms with Gasteiger partial charge in [0.1, 0.15) is 12.4 Å². The lowest BCUT2D eigenvalue weighted by molar-refractivity contribution is 0.0473. The molecule has 33 heavy (non-hydrogen) atoms. The van der Waals surface area contributed by atoms with E-state index < -0.39 is 0 Å². The highest BCUT2D eigenvalue weighted by atomic mass is 16.5. The first-order valence-corrected chi connectivity index (χ1v) is 11.2. The predicted octanol–water partition coefficient (Wildman–Crippen LogP) is 6.48. The maximum absolute atomic E-state index is 13.4. The van der Waals surface area contributed by atoms with Gasteiger partial charge in [-0.3, -0.25) is 0 Å². The van der Waals surface area contributed by atoms with Gasteiger partial charge in [-0.15, -0.1) is 0 Å². The molecule has 3 aromatic carbocycles. The van der Waals surface area contributed by atoms with E-state index in [2.05, 4.69) is 6.08 Å². The third-order valence-electron chi connectivity index (χ3n) is 6.04. The third-order valence-corrected chi connectivity index (χ3v) is 6.04. The summed E-state index contributed by atoms with van der Waals surface area (Å²) in [6.45, 7) is 0.250. The molecule has 164 valence electrons. The molecule has 0 saturated heterocycles. The summed E-state index contributed by atoms with van der Waals surface area (Å²) in [5.41, 5.74) is 6.54. The van der Waals surface area contributed by atoms with E-state index in [1.165, 1.54) is 0 Å². The smallest absolute Gasteiger partial charge is 0.339 e. The molecule has 0 spiro atoms. The minimum atomic E-state index is -0.292.